The molecule has 0 heteroatoms. The maximum Gasteiger partial charge on any atom is 0.0342 e. The van der Waals surface area contributed by atoms with E-state index < -0.39 is 0 Å². The first-order valence-corrected chi connectivity index (χ1v) is 8.73. The summed E-state index contributed by atoms with van der Waals surface area (Å²) in [6.45, 7) is 2.15. The van der Waals surface area contributed by atoms with E-state index in [2.05, 4.69) is 91.9 Å². The molecule has 0 nitrogen and oxygen atoms in total. The first-order valence-electron chi connectivity index (χ1n) is 8.73. The summed E-state index contributed by atoms with van der Waals surface area (Å²) in [6, 6.07) is 28.8. The Labute approximate surface area is 144 Å². The van der Waals surface area contributed by atoms with E-state index in [-0.39, 0.29) is 0 Å². The third-order valence-electron chi connectivity index (χ3n) is 4.96. The van der Waals surface area contributed by atoms with Crippen molar-refractivity contribution in [1.82, 2.24) is 0 Å². The van der Waals surface area contributed by atoms with E-state index in [4.69, 9.17) is 0 Å². The van der Waals surface area contributed by atoms with Crippen molar-refractivity contribution in [2.24, 2.45) is 0 Å². The first kappa shape index (κ1) is 15.0. The zero-order valence-electron chi connectivity index (χ0n) is 14.1. The minimum Gasteiger partial charge on any atom is -0.0794 e. The van der Waals surface area contributed by atoms with Crippen LogP contribution in [0.3, 0.4) is 0 Å². The Bertz CT molecular complexity index is 854. The van der Waals surface area contributed by atoms with Gasteiger partial charge < -0.3 is 0 Å². The van der Waals surface area contributed by atoms with Crippen LogP contribution in [0, 0.1) is 6.92 Å². The maximum absolute atomic E-state index is 2.44. The molecular weight excluding hydrogens is 288 g/mol. The Balaban J connectivity index is 1.88. The predicted octanol–water partition coefficient (Wildman–Crippen LogP) is 6.16. The van der Waals surface area contributed by atoms with Crippen LogP contribution in [0.25, 0.3) is 5.57 Å². The first-order chi connectivity index (χ1) is 11.8. The molecule has 0 radical (unpaired) electrons. The topological polar surface area (TPSA) is 0 Å². The Morgan fingerprint density at radius 2 is 1.38 bits per heavy atom. The van der Waals surface area contributed by atoms with Crippen molar-refractivity contribution in [2.75, 3.05) is 0 Å². The molecule has 1 aliphatic rings. The van der Waals surface area contributed by atoms with E-state index >= 15 is 0 Å². The van der Waals surface area contributed by atoms with Crippen LogP contribution in [0.4, 0.5) is 0 Å². The summed E-state index contributed by atoms with van der Waals surface area (Å²) < 4.78 is 0. The second-order valence-electron chi connectivity index (χ2n) is 6.61. The van der Waals surface area contributed by atoms with Gasteiger partial charge in [-0.3, -0.25) is 0 Å². The molecule has 0 fully saturated rings. The van der Waals surface area contributed by atoms with Gasteiger partial charge in [0.15, 0.2) is 0 Å². The van der Waals surface area contributed by atoms with E-state index in [1.165, 1.54) is 33.4 Å². The van der Waals surface area contributed by atoms with Gasteiger partial charge in [-0.25, -0.2) is 0 Å². The molecule has 3 aromatic carbocycles. The smallest absolute Gasteiger partial charge is 0.0342 e. The zero-order valence-corrected chi connectivity index (χ0v) is 14.1. The molecule has 0 aromatic heterocycles. The lowest BCUT2D eigenvalue weighted by Crippen LogP contribution is -2.09. The van der Waals surface area contributed by atoms with Gasteiger partial charge in [0.1, 0.15) is 0 Å². The van der Waals surface area contributed by atoms with Crippen molar-refractivity contribution in [3.8, 4) is 0 Å². The minimum atomic E-state index is 0.299. The molecule has 0 bridgehead atoms. The van der Waals surface area contributed by atoms with Crippen molar-refractivity contribution in [3.05, 3.63) is 113 Å². The number of hydrogen-bond donors (Lipinski definition) is 0. The third-order valence-corrected chi connectivity index (χ3v) is 4.96. The quantitative estimate of drug-likeness (QED) is 0.543. The molecule has 0 aliphatic heterocycles. The van der Waals surface area contributed by atoms with Gasteiger partial charge in [0.05, 0.1) is 0 Å². The molecule has 0 amide bonds. The fourth-order valence-electron chi connectivity index (χ4n) is 3.74. The van der Waals surface area contributed by atoms with Crippen molar-refractivity contribution < 1.29 is 0 Å². The zero-order chi connectivity index (χ0) is 16.4. The standard InChI is InChI=1S/C24H22/c1-18-14-16-21(17-15-18)24(20-9-3-2-4-10-20)23-13-7-11-19-8-5-6-12-22(19)23/h2-6,8-10,12-17,24H,7,11H2,1H3. The average Bonchev–Trinajstić information content (AvgIpc) is 2.65. The Morgan fingerprint density at radius 1 is 0.708 bits per heavy atom. The summed E-state index contributed by atoms with van der Waals surface area (Å²) in [5.41, 5.74) is 8.38. The molecular formula is C24H22. The van der Waals surface area contributed by atoms with Crippen molar-refractivity contribution in [1.29, 1.82) is 0 Å². The van der Waals surface area contributed by atoms with E-state index in [9.17, 15) is 0 Å². The van der Waals surface area contributed by atoms with Crippen LogP contribution in [-0.4, -0.2) is 0 Å². The van der Waals surface area contributed by atoms with Crippen molar-refractivity contribution >= 4 is 5.57 Å². The normalized spacial score (nSPS) is 14.6. The van der Waals surface area contributed by atoms with Gasteiger partial charge in [0.25, 0.3) is 0 Å². The fraction of sp³-hybridized carbons (Fsp3) is 0.167. The molecule has 1 aliphatic carbocycles. The number of aryl methyl sites for hydroxylation is 2. The van der Waals surface area contributed by atoms with E-state index in [1.54, 1.807) is 0 Å². The van der Waals surface area contributed by atoms with Gasteiger partial charge >= 0.3 is 0 Å². The SMILES string of the molecule is Cc1ccc(C(C2=CCCc3ccccc32)c2ccccc2)cc1. The molecule has 24 heavy (non-hydrogen) atoms. The lowest BCUT2D eigenvalue weighted by molar-refractivity contribution is 0.937. The molecule has 1 atom stereocenters. The number of rotatable bonds is 3. The largest absolute Gasteiger partial charge is 0.0794 e. The van der Waals surface area contributed by atoms with Crippen molar-refractivity contribution in [3.63, 3.8) is 0 Å². The second kappa shape index (κ2) is 6.49. The highest BCUT2D eigenvalue weighted by molar-refractivity contribution is 5.78. The summed E-state index contributed by atoms with van der Waals surface area (Å²) in [6.07, 6.45) is 4.72. The molecule has 1 unspecified atom stereocenters. The maximum atomic E-state index is 2.44. The number of allylic oxidation sites excluding steroid dienone is 2. The van der Waals surface area contributed by atoms with Gasteiger partial charge in [-0.1, -0.05) is 90.5 Å². The summed E-state index contributed by atoms with van der Waals surface area (Å²) in [5, 5.41) is 0. The number of benzene rings is 3. The van der Waals surface area contributed by atoms with Gasteiger partial charge in [-0.15, -0.1) is 0 Å². The highest BCUT2D eigenvalue weighted by Crippen LogP contribution is 2.41. The summed E-state index contributed by atoms with van der Waals surface area (Å²) in [7, 11) is 0. The minimum absolute atomic E-state index is 0.299. The number of hydrogen-bond acceptors (Lipinski definition) is 0. The fourth-order valence-corrected chi connectivity index (χ4v) is 3.74. The molecule has 0 spiro atoms. The lowest BCUT2D eigenvalue weighted by atomic mass is 9.77. The van der Waals surface area contributed by atoms with Gasteiger partial charge in [-0.2, -0.15) is 0 Å². The van der Waals surface area contributed by atoms with E-state index in [0.717, 1.165) is 12.8 Å². The van der Waals surface area contributed by atoms with Crippen LogP contribution in [0.1, 0.15) is 40.2 Å². The molecule has 4 rings (SSSR count). The van der Waals surface area contributed by atoms with E-state index in [1.807, 2.05) is 0 Å². The third kappa shape index (κ3) is 2.80. The molecule has 0 saturated carbocycles. The highest BCUT2D eigenvalue weighted by atomic mass is 14.3. The van der Waals surface area contributed by atoms with Gasteiger partial charge in [0.2, 0.25) is 0 Å². The molecule has 0 heterocycles. The van der Waals surface area contributed by atoms with Gasteiger partial charge in [0, 0.05) is 5.92 Å². The number of fused-ring (bicyclic) bond motifs is 1. The summed E-state index contributed by atoms with van der Waals surface area (Å²) in [4.78, 5) is 0. The Kier molecular flexibility index (Phi) is 4.04. The van der Waals surface area contributed by atoms with Crippen LogP contribution < -0.4 is 0 Å². The highest BCUT2D eigenvalue weighted by Gasteiger charge is 2.23. The van der Waals surface area contributed by atoms with Crippen LogP contribution in [0.5, 0.6) is 0 Å². The molecule has 3 aromatic rings. The Hall–Kier alpha value is -2.60. The van der Waals surface area contributed by atoms with Crippen LogP contribution in [0.2, 0.25) is 0 Å². The van der Waals surface area contributed by atoms with Crippen LogP contribution in [-0.2, 0) is 6.42 Å². The molecule has 0 saturated heterocycles. The van der Waals surface area contributed by atoms with Crippen LogP contribution >= 0.6 is 0 Å². The molecule has 118 valence electrons. The van der Waals surface area contributed by atoms with Crippen molar-refractivity contribution in [2.45, 2.75) is 25.7 Å². The van der Waals surface area contributed by atoms with Gasteiger partial charge in [-0.05, 0) is 47.6 Å². The van der Waals surface area contributed by atoms with Crippen LogP contribution in [0.15, 0.2) is 84.9 Å². The molecule has 0 N–H and O–H groups in total. The Morgan fingerprint density at radius 3 is 2.17 bits per heavy atom. The second-order valence-corrected chi connectivity index (χ2v) is 6.61. The van der Waals surface area contributed by atoms with E-state index in [0.29, 0.717) is 5.92 Å². The lowest BCUT2D eigenvalue weighted by Gasteiger charge is -2.27. The summed E-state index contributed by atoms with van der Waals surface area (Å²) >= 11 is 0. The predicted molar refractivity (Wildman–Crippen MR) is 102 cm³/mol. The summed E-state index contributed by atoms with van der Waals surface area (Å²) in [5.74, 6) is 0.299. The monoisotopic (exact) mass is 310 g/mol. The average molecular weight is 310 g/mol.